The average Bonchev–Trinajstić information content (AvgIpc) is 2.47. The minimum Gasteiger partial charge on any atom is -0.294 e. The van der Waals surface area contributed by atoms with Crippen LogP contribution >= 0.6 is 0 Å². The second-order valence-corrected chi connectivity index (χ2v) is 6.84. The number of rotatable bonds is 4. The van der Waals surface area contributed by atoms with E-state index in [4.69, 9.17) is 0 Å². The van der Waals surface area contributed by atoms with Gasteiger partial charge in [-0.25, -0.2) is 0 Å². The number of carbonyl (C=O) groups excluding carboxylic acids is 1. The third kappa shape index (κ3) is 4.04. The van der Waals surface area contributed by atoms with Crippen molar-refractivity contribution < 1.29 is 4.79 Å². The van der Waals surface area contributed by atoms with Crippen molar-refractivity contribution in [2.24, 2.45) is 11.3 Å². The Labute approximate surface area is 128 Å². The smallest absolute Gasteiger partial charge is 0.163 e. The Kier molecular flexibility index (Phi) is 4.62. The molecule has 0 saturated heterocycles. The Bertz CT molecular complexity index is 588. The van der Waals surface area contributed by atoms with Crippen LogP contribution in [0.25, 0.3) is 11.1 Å². The largest absolute Gasteiger partial charge is 0.294 e. The number of ketones is 1. The number of carbonyl (C=O) groups is 1. The summed E-state index contributed by atoms with van der Waals surface area (Å²) in [5.74, 6) is 0.607. The van der Waals surface area contributed by atoms with E-state index in [9.17, 15) is 4.79 Å². The van der Waals surface area contributed by atoms with E-state index in [1.807, 2.05) is 42.5 Å². The van der Waals surface area contributed by atoms with Gasteiger partial charge in [-0.05, 0) is 22.5 Å². The van der Waals surface area contributed by atoms with Crippen molar-refractivity contribution in [2.75, 3.05) is 0 Å². The number of hydrogen-bond acceptors (Lipinski definition) is 1. The fourth-order valence-electron chi connectivity index (χ4n) is 2.18. The predicted octanol–water partition coefficient (Wildman–Crippen LogP) is 5.61. The van der Waals surface area contributed by atoms with Crippen LogP contribution in [0.3, 0.4) is 0 Å². The molecule has 1 heteroatoms. The van der Waals surface area contributed by atoms with E-state index < -0.39 is 0 Å². The highest BCUT2D eigenvalue weighted by Crippen LogP contribution is 2.29. The molecule has 110 valence electrons. The van der Waals surface area contributed by atoms with Crippen LogP contribution in [0.2, 0.25) is 0 Å². The van der Waals surface area contributed by atoms with Crippen LogP contribution in [0.1, 0.15) is 44.5 Å². The summed E-state index contributed by atoms with van der Waals surface area (Å²) in [5, 5.41) is 0. The van der Waals surface area contributed by atoms with E-state index >= 15 is 0 Å². The third-order valence-corrected chi connectivity index (χ3v) is 4.28. The molecular weight excluding hydrogens is 256 g/mol. The first-order valence-electron chi connectivity index (χ1n) is 7.56. The number of benzene rings is 2. The molecule has 0 heterocycles. The summed E-state index contributed by atoms with van der Waals surface area (Å²) in [7, 11) is 0. The van der Waals surface area contributed by atoms with Gasteiger partial charge in [-0.3, -0.25) is 4.79 Å². The molecule has 0 spiro atoms. The van der Waals surface area contributed by atoms with Crippen molar-refractivity contribution in [3.8, 4) is 11.1 Å². The number of Topliss-reactive ketones (excluding diaryl/α,β-unsaturated/α-hetero) is 1. The molecule has 2 aromatic carbocycles. The lowest BCUT2D eigenvalue weighted by Crippen LogP contribution is -2.20. The molecule has 1 nitrogen and oxygen atoms in total. The maximum Gasteiger partial charge on any atom is 0.163 e. The van der Waals surface area contributed by atoms with E-state index in [1.165, 1.54) is 5.56 Å². The summed E-state index contributed by atoms with van der Waals surface area (Å²) in [4.78, 5) is 12.3. The maximum absolute atomic E-state index is 12.3. The Balaban J connectivity index is 2.11. The van der Waals surface area contributed by atoms with Gasteiger partial charge in [0.15, 0.2) is 5.78 Å². The van der Waals surface area contributed by atoms with E-state index in [-0.39, 0.29) is 11.2 Å². The van der Waals surface area contributed by atoms with Crippen LogP contribution in [0.5, 0.6) is 0 Å². The fourth-order valence-corrected chi connectivity index (χ4v) is 2.18. The van der Waals surface area contributed by atoms with Crippen molar-refractivity contribution in [3.63, 3.8) is 0 Å². The first-order valence-corrected chi connectivity index (χ1v) is 7.56. The van der Waals surface area contributed by atoms with Gasteiger partial charge in [0.25, 0.3) is 0 Å². The Morgan fingerprint density at radius 3 is 1.95 bits per heavy atom. The van der Waals surface area contributed by atoms with Crippen LogP contribution in [0, 0.1) is 11.3 Å². The van der Waals surface area contributed by atoms with Gasteiger partial charge in [0, 0.05) is 12.0 Å². The zero-order chi connectivity index (χ0) is 15.5. The quantitative estimate of drug-likeness (QED) is 0.665. The Morgan fingerprint density at radius 2 is 1.43 bits per heavy atom. The van der Waals surface area contributed by atoms with E-state index in [2.05, 4.69) is 39.8 Å². The lowest BCUT2D eigenvalue weighted by atomic mass is 9.78. The second-order valence-electron chi connectivity index (χ2n) is 6.84. The molecule has 0 aromatic heterocycles. The molecule has 2 rings (SSSR count). The van der Waals surface area contributed by atoms with Gasteiger partial charge >= 0.3 is 0 Å². The molecule has 0 aliphatic carbocycles. The first-order chi connectivity index (χ1) is 9.88. The lowest BCUT2D eigenvalue weighted by Gasteiger charge is -2.26. The summed E-state index contributed by atoms with van der Waals surface area (Å²) >= 11 is 0. The summed E-state index contributed by atoms with van der Waals surface area (Å²) in [6, 6.07) is 18.2. The van der Waals surface area contributed by atoms with Gasteiger partial charge in [-0.1, -0.05) is 82.3 Å². The van der Waals surface area contributed by atoms with E-state index in [0.29, 0.717) is 12.3 Å². The fraction of sp³-hybridized carbons (Fsp3) is 0.350. The van der Waals surface area contributed by atoms with Crippen molar-refractivity contribution in [3.05, 3.63) is 60.2 Å². The molecule has 0 aliphatic heterocycles. The highest BCUT2D eigenvalue weighted by atomic mass is 16.1. The summed E-state index contributed by atoms with van der Waals surface area (Å²) in [6.07, 6.45) is 0.605. The van der Waals surface area contributed by atoms with Crippen LogP contribution in [-0.4, -0.2) is 5.78 Å². The van der Waals surface area contributed by atoms with Crippen molar-refractivity contribution in [1.82, 2.24) is 0 Å². The standard InChI is InChI=1S/C20H24O/c1-15(20(2,3)4)14-19(21)18-12-10-17(11-13-18)16-8-6-5-7-9-16/h5-13,15H,14H2,1-4H3. The molecular formula is C20H24O. The first kappa shape index (κ1) is 15.5. The zero-order valence-electron chi connectivity index (χ0n) is 13.4. The molecule has 0 aliphatic rings. The van der Waals surface area contributed by atoms with Gasteiger partial charge < -0.3 is 0 Å². The molecule has 0 saturated carbocycles. The maximum atomic E-state index is 12.3. The molecule has 0 amide bonds. The zero-order valence-corrected chi connectivity index (χ0v) is 13.4. The summed E-state index contributed by atoms with van der Waals surface area (Å²) < 4.78 is 0. The molecule has 1 atom stereocenters. The summed E-state index contributed by atoms with van der Waals surface area (Å²) in [6.45, 7) is 8.70. The SMILES string of the molecule is CC(CC(=O)c1ccc(-c2ccccc2)cc1)C(C)(C)C. The topological polar surface area (TPSA) is 17.1 Å². The Morgan fingerprint density at radius 1 is 0.905 bits per heavy atom. The molecule has 21 heavy (non-hydrogen) atoms. The minimum atomic E-state index is 0.166. The van der Waals surface area contributed by atoms with Crippen LogP contribution in [0.4, 0.5) is 0 Å². The Hall–Kier alpha value is -1.89. The normalized spacial score (nSPS) is 13.0. The minimum absolute atomic E-state index is 0.166. The van der Waals surface area contributed by atoms with E-state index in [1.54, 1.807) is 0 Å². The van der Waals surface area contributed by atoms with Crippen molar-refractivity contribution >= 4 is 5.78 Å². The molecule has 2 aromatic rings. The van der Waals surface area contributed by atoms with Gasteiger partial charge in [0.05, 0.1) is 0 Å². The molecule has 0 N–H and O–H groups in total. The summed E-state index contributed by atoms with van der Waals surface area (Å²) in [5.41, 5.74) is 3.31. The third-order valence-electron chi connectivity index (χ3n) is 4.28. The van der Waals surface area contributed by atoms with Crippen molar-refractivity contribution in [2.45, 2.75) is 34.1 Å². The number of hydrogen-bond donors (Lipinski definition) is 0. The van der Waals surface area contributed by atoms with Crippen LogP contribution in [-0.2, 0) is 0 Å². The monoisotopic (exact) mass is 280 g/mol. The lowest BCUT2D eigenvalue weighted by molar-refractivity contribution is 0.0927. The molecule has 1 unspecified atom stereocenters. The predicted molar refractivity (Wildman–Crippen MR) is 89.4 cm³/mol. The van der Waals surface area contributed by atoms with Crippen molar-refractivity contribution in [1.29, 1.82) is 0 Å². The van der Waals surface area contributed by atoms with Gasteiger partial charge in [-0.2, -0.15) is 0 Å². The van der Waals surface area contributed by atoms with Gasteiger partial charge in [0.2, 0.25) is 0 Å². The molecule has 0 radical (unpaired) electrons. The van der Waals surface area contributed by atoms with Gasteiger partial charge in [0.1, 0.15) is 0 Å². The average molecular weight is 280 g/mol. The molecule has 0 bridgehead atoms. The van der Waals surface area contributed by atoms with Crippen LogP contribution < -0.4 is 0 Å². The highest BCUT2D eigenvalue weighted by molar-refractivity contribution is 5.96. The molecule has 0 fully saturated rings. The highest BCUT2D eigenvalue weighted by Gasteiger charge is 2.23. The van der Waals surface area contributed by atoms with Crippen LogP contribution in [0.15, 0.2) is 54.6 Å². The van der Waals surface area contributed by atoms with E-state index in [0.717, 1.165) is 11.1 Å². The van der Waals surface area contributed by atoms with Gasteiger partial charge in [-0.15, -0.1) is 0 Å². The second kappa shape index (κ2) is 6.26.